The number of likely N-dealkylation sites (tertiary alicyclic amines) is 1. The molecule has 2 rings (SSSR count). The first-order chi connectivity index (χ1) is 5.84. The van der Waals surface area contributed by atoms with Gasteiger partial charge in [-0.1, -0.05) is 0 Å². The van der Waals surface area contributed by atoms with E-state index in [4.69, 9.17) is 5.73 Å². The third-order valence-corrected chi connectivity index (χ3v) is 2.26. The van der Waals surface area contributed by atoms with Crippen LogP contribution in [0.2, 0.25) is 0 Å². The van der Waals surface area contributed by atoms with Gasteiger partial charge in [0.15, 0.2) is 0 Å². The van der Waals surface area contributed by atoms with Crippen LogP contribution in [0.15, 0.2) is 12.3 Å². The third-order valence-electron chi connectivity index (χ3n) is 2.26. The number of rotatable bonds is 2. The molecule has 0 bridgehead atoms. The van der Waals surface area contributed by atoms with Crippen molar-refractivity contribution in [1.82, 2.24) is 15.1 Å². The second kappa shape index (κ2) is 3.25. The van der Waals surface area contributed by atoms with E-state index in [0.29, 0.717) is 6.04 Å². The molecule has 0 amide bonds. The molecule has 1 unspecified atom stereocenters. The van der Waals surface area contributed by atoms with Crippen molar-refractivity contribution >= 4 is 0 Å². The van der Waals surface area contributed by atoms with Crippen LogP contribution in [0.1, 0.15) is 12.1 Å². The van der Waals surface area contributed by atoms with Gasteiger partial charge in [0.1, 0.15) is 0 Å². The molecule has 3 N–H and O–H groups in total. The number of H-pyrrole nitrogens is 1. The molecule has 0 aliphatic carbocycles. The van der Waals surface area contributed by atoms with Crippen LogP contribution in [0.3, 0.4) is 0 Å². The summed E-state index contributed by atoms with van der Waals surface area (Å²) < 4.78 is 0. The first-order valence-electron chi connectivity index (χ1n) is 4.31. The summed E-state index contributed by atoms with van der Waals surface area (Å²) in [6, 6.07) is 2.37. The Hall–Kier alpha value is -0.870. The molecule has 1 aromatic rings. The third kappa shape index (κ3) is 1.65. The zero-order valence-corrected chi connectivity index (χ0v) is 7.03. The summed E-state index contributed by atoms with van der Waals surface area (Å²) in [5.41, 5.74) is 6.96. The molecule has 1 fully saturated rings. The fourth-order valence-corrected chi connectivity index (χ4v) is 1.62. The van der Waals surface area contributed by atoms with Crippen LogP contribution in [0.4, 0.5) is 0 Å². The number of nitrogens with two attached hydrogens (primary N) is 1. The maximum absolute atomic E-state index is 5.79. The second-order valence-electron chi connectivity index (χ2n) is 3.37. The first kappa shape index (κ1) is 7.76. The van der Waals surface area contributed by atoms with Crippen molar-refractivity contribution in [3.05, 3.63) is 18.0 Å². The Morgan fingerprint density at radius 1 is 1.75 bits per heavy atom. The van der Waals surface area contributed by atoms with E-state index >= 15 is 0 Å². The molecule has 1 saturated heterocycles. The number of aromatic nitrogens is 2. The summed E-state index contributed by atoms with van der Waals surface area (Å²) >= 11 is 0. The minimum absolute atomic E-state index is 0.368. The molecule has 1 atom stereocenters. The molecule has 12 heavy (non-hydrogen) atoms. The lowest BCUT2D eigenvalue weighted by molar-refractivity contribution is 0.322. The minimum Gasteiger partial charge on any atom is -0.326 e. The summed E-state index contributed by atoms with van der Waals surface area (Å²) in [4.78, 5) is 2.35. The normalized spacial score (nSPS) is 24.9. The molecule has 0 saturated carbocycles. The van der Waals surface area contributed by atoms with Crippen molar-refractivity contribution in [1.29, 1.82) is 0 Å². The van der Waals surface area contributed by atoms with Crippen LogP contribution in [0.5, 0.6) is 0 Å². The van der Waals surface area contributed by atoms with Crippen molar-refractivity contribution in [2.24, 2.45) is 5.73 Å². The average molecular weight is 166 g/mol. The van der Waals surface area contributed by atoms with E-state index in [2.05, 4.69) is 15.1 Å². The van der Waals surface area contributed by atoms with Gasteiger partial charge < -0.3 is 5.73 Å². The number of hydrogen-bond donors (Lipinski definition) is 2. The maximum atomic E-state index is 5.79. The predicted octanol–water partition coefficient (Wildman–Crippen LogP) is -0.0573. The minimum atomic E-state index is 0.368. The fraction of sp³-hybridized carbons (Fsp3) is 0.625. The van der Waals surface area contributed by atoms with Gasteiger partial charge in [-0.3, -0.25) is 10.00 Å². The predicted molar refractivity (Wildman–Crippen MR) is 46.5 cm³/mol. The lowest BCUT2D eigenvalue weighted by atomic mass is 10.3. The molecule has 1 aliphatic rings. The molecular formula is C8H14N4. The summed E-state index contributed by atoms with van der Waals surface area (Å²) in [5.74, 6) is 0. The quantitative estimate of drug-likeness (QED) is 0.647. The van der Waals surface area contributed by atoms with Crippen LogP contribution in [-0.4, -0.2) is 34.2 Å². The standard InChI is InChI=1S/C8H14N4/c9-7-2-4-12(5-7)6-8-1-3-10-11-8/h1,3,7H,2,4-6,9H2,(H,10,11). The Bertz CT molecular complexity index is 231. The molecule has 2 heterocycles. The Balaban J connectivity index is 1.88. The first-order valence-corrected chi connectivity index (χ1v) is 4.31. The molecular weight excluding hydrogens is 152 g/mol. The van der Waals surface area contributed by atoms with Crippen LogP contribution >= 0.6 is 0 Å². The SMILES string of the molecule is NC1CCN(Cc2ccn[nH]2)C1. The molecule has 0 spiro atoms. The summed E-state index contributed by atoms with van der Waals surface area (Å²) in [6.07, 6.45) is 2.90. The van der Waals surface area contributed by atoms with Gasteiger partial charge in [-0.25, -0.2) is 0 Å². The van der Waals surface area contributed by atoms with Crippen molar-refractivity contribution in [2.45, 2.75) is 19.0 Å². The molecule has 0 aromatic carbocycles. The highest BCUT2D eigenvalue weighted by Crippen LogP contribution is 2.09. The Labute approximate surface area is 71.7 Å². The van der Waals surface area contributed by atoms with E-state index < -0.39 is 0 Å². The van der Waals surface area contributed by atoms with Crippen molar-refractivity contribution in [3.8, 4) is 0 Å². The lowest BCUT2D eigenvalue weighted by Gasteiger charge is -2.12. The van der Waals surface area contributed by atoms with Crippen LogP contribution in [0, 0.1) is 0 Å². The summed E-state index contributed by atoms with van der Waals surface area (Å²) in [6.45, 7) is 3.08. The van der Waals surface area contributed by atoms with Crippen LogP contribution in [0.25, 0.3) is 0 Å². The number of aromatic amines is 1. The zero-order chi connectivity index (χ0) is 8.39. The largest absolute Gasteiger partial charge is 0.326 e. The van der Waals surface area contributed by atoms with Crippen LogP contribution in [-0.2, 0) is 6.54 Å². The van der Waals surface area contributed by atoms with E-state index in [1.165, 1.54) is 5.69 Å². The van der Waals surface area contributed by atoms with E-state index in [1.54, 1.807) is 6.20 Å². The lowest BCUT2D eigenvalue weighted by Crippen LogP contribution is -2.26. The Morgan fingerprint density at radius 3 is 3.25 bits per heavy atom. The van der Waals surface area contributed by atoms with Crippen molar-refractivity contribution in [3.63, 3.8) is 0 Å². The van der Waals surface area contributed by atoms with Gasteiger partial charge in [0.25, 0.3) is 0 Å². The van der Waals surface area contributed by atoms with Gasteiger partial charge in [0, 0.05) is 37.6 Å². The van der Waals surface area contributed by atoms with E-state index in [1.807, 2.05) is 6.07 Å². The molecule has 0 radical (unpaired) electrons. The number of nitrogens with one attached hydrogen (secondary N) is 1. The fourth-order valence-electron chi connectivity index (χ4n) is 1.62. The van der Waals surface area contributed by atoms with Gasteiger partial charge in [0.2, 0.25) is 0 Å². The van der Waals surface area contributed by atoms with Crippen molar-refractivity contribution < 1.29 is 0 Å². The molecule has 1 aromatic heterocycles. The summed E-state index contributed by atoms with van der Waals surface area (Å²) in [5, 5.41) is 6.85. The zero-order valence-electron chi connectivity index (χ0n) is 7.03. The van der Waals surface area contributed by atoms with Crippen molar-refractivity contribution in [2.75, 3.05) is 13.1 Å². The highest BCUT2D eigenvalue weighted by atomic mass is 15.2. The topological polar surface area (TPSA) is 57.9 Å². The van der Waals surface area contributed by atoms with E-state index in [0.717, 1.165) is 26.1 Å². The highest BCUT2D eigenvalue weighted by Gasteiger charge is 2.18. The van der Waals surface area contributed by atoms with E-state index in [-0.39, 0.29) is 0 Å². The smallest absolute Gasteiger partial charge is 0.0492 e. The molecule has 4 nitrogen and oxygen atoms in total. The second-order valence-corrected chi connectivity index (χ2v) is 3.37. The Morgan fingerprint density at radius 2 is 2.67 bits per heavy atom. The number of nitrogens with zero attached hydrogens (tertiary/aromatic N) is 2. The van der Waals surface area contributed by atoms with Gasteiger partial charge in [0.05, 0.1) is 0 Å². The monoisotopic (exact) mass is 166 g/mol. The van der Waals surface area contributed by atoms with Gasteiger partial charge in [-0.15, -0.1) is 0 Å². The van der Waals surface area contributed by atoms with Gasteiger partial charge in [-0.2, -0.15) is 5.10 Å². The average Bonchev–Trinajstić information content (AvgIpc) is 2.63. The van der Waals surface area contributed by atoms with Gasteiger partial charge >= 0.3 is 0 Å². The molecule has 1 aliphatic heterocycles. The molecule has 66 valence electrons. The number of hydrogen-bond acceptors (Lipinski definition) is 3. The highest BCUT2D eigenvalue weighted by molar-refractivity contribution is 4.98. The van der Waals surface area contributed by atoms with E-state index in [9.17, 15) is 0 Å². The molecule has 4 heteroatoms. The van der Waals surface area contributed by atoms with Gasteiger partial charge in [-0.05, 0) is 12.5 Å². The summed E-state index contributed by atoms with van der Waals surface area (Å²) in [7, 11) is 0. The Kier molecular flexibility index (Phi) is 2.10. The maximum Gasteiger partial charge on any atom is 0.0492 e. The van der Waals surface area contributed by atoms with Crippen LogP contribution < -0.4 is 5.73 Å².